The minimum atomic E-state index is -1.59. The van der Waals surface area contributed by atoms with Gasteiger partial charge in [-0.1, -0.05) is 0 Å². The number of aliphatic hydroxyl groups excluding tert-OH is 5. The molecule has 1 fully saturated rings. The van der Waals surface area contributed by atoms with Crippen molar-refractivity contribution < 1.29 is 30.3 Å². The number of ether oxygens (including phenoxy) is 1. The average Bonchev–Trinajstić information content (AvgIpc) is 2.08. The molecule has 0 amide bonds. The lowest BCUT2D eigenvalue weighted by Gasteiger charge is -2.36. The highest BCUT2D eigenvalue weighted by Gasteiger charge is 2.43. The fourth-order valence-corrected chi connectivity index (χ4v) is 0.976. The number of aliphatic hydroxyl groups is 5. The molecule has 1 radical (unpaired) electrons. The van der Waals surface area contributed by atoms with E-state index in [0.717, 1.165) is 0 Å². The van der Waals surface area contributed by atoms with E-state index < -0.39 is 37.3 Å². The van der Waals surface area contributed by atoms with Gasteiger partial charge in [0, 0.05) is 0 Å². The number of hydrogen-bond acceptors (Lipinski definition) is 6. The lowest BCUT2D eigenvalue weighted by atomic mass is 10.00. The van der Waals surface area contributed by atoms with Crippen LogP contribution < -0.4 is 0 Å². The van der Waals surface area contributed by atoms with Crippen molar-refractivity contribution in [3.8, 4) is 0 Å². The summed E-state index contributed by atoms with van der Waals surface area (Å²) in [5.74, 6) is 0. The van der Waals surface area contributed by atoms with Gasteiger partial charge in [-0.3, -0.25) is 0 Å². The van der Waals surface area contributed by atoms with Crippen molar-refractivity contribution in [3.05, 3.63) is 6.10 Å². The van der Waals surface area contributed by atoms with Crippen molar-refractivity contribution in [1.82, 2.24) is 0 Å². The van der Waals surface area contributed by atoms with Crippen LogP contribution in [0, 0.1) is 6.10 Å². The van der Waals surface area contributed by atoms with Gasteiger partial charge in [0.25, 0.3) is 0 Å². The highest BCUT2D eigenvalue weighted by molar-refractivity contribution is 5.01. The summed E-state index contributed by atoms with van der Waals surface area (Å²) in [5, 5.41) is 44.5. The Balaban J connectivity index is 2.63. The van der Waals surface area contributed by atoms with Crippen LogP contribution in [0.1, 0.15) is 0 Å². The highest BCUT2D eigenvalue weighted by atomic mass is 16.6. The summed E-state index contributed by atoms with van der Waals surface area (Å²) in [5.41, 5.74) is 0. The summed E-state index contributed by atoms with van der Waals surface area (Å²) in [7, 11) is 0. The Labute approximate surface area is 68.6 Å². The zero-order chi connectivity index (χ0) is 9.30. The smallest absolute Gasteiger partial charge is 0.184 e. The van der Waals surface area contributed by atoms with Gasteiger partial charge in [-0.05, 0) is 0 Å². The van der Waals surface area contributed by atoms with Crippen LogP contribution in [0.25, 0.3) is 0 Å². The predicted octanol–water partition coefficient (Wildman–Crippen LogP) is -2.68. The molecule has 6 nitrogen and oxygen atoms in total. The minimum absolute atomic E-state index is 0.563. The first kappa shape index (κ1) is 9.85. The summed E-state index contributed by atoms with van der Waals surface area (Å²) >= 11 is 0. The summed E-state index contributed by atoms with van der Waals surface area (Å²) in [4.78, 5) is 0. The average molecular weight is 179 g/mol. The maximum absolute atomic E-state index is 9.04. The fraction of sp³-hybridized carbons (Fsp3) is 0.833. The van der Waals surface area contributed by atoms with E-state index in [1.165, 1.54) is 0 Å². The molecule has 4 atom stereocenters. The van der Waals surface area contributed by atoms with Crippen LogP contribution in [-0.4, -0.2) is 56.7 Å². The van der Waals surface area contributed by atoms with Crippen molar-refractivity contribution >= 4 is 0 Å². The largest absolute Gasteiger partial charge is 0.394 e. The molecule has 1 aliphatic heterocycles. The number of rotatable bonds is 1. The van der Waals surface area contributed by atoms with E-state index in [1.54, 1.807) is 0 Å². The Morgan fingerprint density at radius 3 is 2.33 bits per heavy atom. The van der Waals surface area contributed by atoms with E-state index in [1.807, 2.05) is 0 Å². The lowest BCUT2D eigenvalue weighted by Crippen LogP contribution is -2.54. The van der Waals surface area contributed by atoms with Crippen LogP contribution in [0.5, 0.6) is 0 Å². The Morgan fingerprint density at radius 1 is 1.25 bits per heavy atom. The Morgan fingerprint density at radius 2 is 1.83 bits per heavy atom. The van der Waals surface area contributed by atoms with Crippen LogP contribution in [0.15, 0.2) is 0 Å². The van der Waals surface area contributed by atoms with E-state index >= 15 is 0 Å². The van der Waals surface area contributed by atoms with Gasteiger partial charge in [0.05, 0.1) is 6.61 Å². The van der Waals surface area contributed by atoms with Crippen molar-refractivity contribution in [3.63, 3.8) is 0 Å². The molecule has 1 aliphatic rings. The zero-order valence-corrected chi connectivity index (χ0v) is 6.16. The van der Waals surface area contributed by atoms with Gasteiger partial charge in [0.15, 0.2) is 12.4 Å². The summed E-state index contributed by atoms with van der Waals surface area (Å²) < 4.78 is 4.54. The topological polar surface area (TPSA) is 110 Å². The normalized spacial score (nSPS) is 44.8. The first-order valence-electron chi connectivity index (χ1n) is 3.44. The van der Waals surface area contributed by atoms with Crippen LogP contribution in [0.4, 0.5) is 0 Å². The molecule has 0 bridgehead atoms. The molecule has 6 heteroatoms. The van der Waals surface area contributed by atoms with Gasteiger partial charge in [-0.25, -0.2) is 0 Å². The highest BCUT2D eigenvalue weighted by Crippen LogP contribution is 2.24. The van der Waals surface area contributed by atoms with Crippen molar-refractivity contribution in [2.75, 3.05) is 6.61 Å². The molecule has 0 aliphatic carbocycles. The predicted molar refractivity (Wildman–Crippen MR) is 35.2 cm³/mol. The van der Waals surface area contributed by atoms with Gasteiger partial charge in [-0.15, -0.1) is 0 Å². The summed E-state index contributed by atoms with van der Waals surface area (Å²) in [6.07, 6.45) is -6.46. The van der Waals surface area contributed by atoms with E-state index in [9.17, 15) is 0 Å². The van der Waals surface area contributed by atoms with Gasteiger partial charge in [0.1, 0.15) is 18.3 Å². The van der Waals surface area contributed by atoms with Gasteiger partial charge < -0.3 is 30.3 Å². The lowest BCUT2D eigenvalue weighted by molar-refractivity contribution is -0.259. The van der Waals surface area contributed by atoms with Crippen LogP contribution in [0.3, 0.4) is 0 Å². The van der Waals surface area contributed by atoms with Gasteiger partial charge in [-0.2, -0.15) is 0 Å². The molecule has 1 heterocycles. The first-order chi connectivity index (χ1) is 5.57. The Bertz CT molecular complexity index is 146. The second kappa shape index (κ2) is 3.65. The SMILES string of the molecule is OC[C@H]1O[C@@H](O)[C@H](O)[C@@H](O)[C]1O. The molecular weight excluding hydrogens is 168 g/mol. The molecule has 0 saturated carbocycles. The fourth-order valence-electron chi connectivity index (χ4n) is 0.976. The van der Waals surface area contributed by atoms with E-state index in [2.05, 4.69) is 4.74 Å². The molecule has 1 rings (SSSR count). The standard InChI is InChI=1S/C6H11O6/c7-1-2-3(8)4(9)5(10)6(11)12-2/h2,4-11H,1H2/t2-,4+,5-,6-/m1/s1. The van der Waals surface area contributed by atoms with Crippen molar-refractivity contribution in [1.29, 1.82) is 0 Å². The van der Waals surface area contributed by atoms with Crippen LogP contribution in [0.2, 0.25) is 0 Å². The first-order valence-corrected chi connectivity index (χ1v) is 3.44. The van der Waals surface area contributed by atoms with Gasteiger partial charge >= 0.3 is 0 Å². The molecule has 0 aromatic carbocycles. The van der Waals surface area contributed by atoms with Gasteiger partial charge in [0.2, 0.25) is 0 Å². The number of hydrogen-bond donors (Lipinski definition) is 5. The third-order valence-corrected chi connectivity index (χ3v) is 1.72. The third kappa shape index (κ3) is 1.58. The van der Waals surface area contributed by atoms with E-state index in [4.69, 9.17) is 25.5 Å². The summed E-state index contributed by atoms with van der Waals surface area (Å²) in [6, 6.07) is 0. The van der Waals surface area contributed by atoms with Crippen LogP contribution >= 0.6 is 0 Å². The van der Waals surface area contributed by atoms with E-state index in [0.29, 0.717) is 0 Å². The Hall–Kier alpha value is -0.240. The quantitative estimate of drug-likeness (QED) is 0.300. The second-order valence-corrected chi connectivity index (χ2v) is 2.56. The molecule has 0 spiro atoms. The molecule has 71 valence electrons. The maximum atomic E-state index is 9.04. The molecule has 1 saturated heterocycles. The van der Waals surface area contributed by atoms with Crippen LogP contribution in [-0.2, 0) is 4.74 Å². The van der Waals surface area contributed by atoms with Crippen molar-refractivity contribution in [2.24, 2.45) is 0 Å². The summed E-state index contributed by atoms with van der Waals surface area (Å²) in [6.45, 7) is -0.563. The molecule has 0 unspecified atom stereocenters. The molecular formula is C6H11O6. The molecule has 5 N–H and O–H groups in total. The molecule has 0 aromatic heterocycles. The molecule has 0 aromatic rings. The van der Waals surface area contributed by atoms with Crippen molar-refractivity contribution in [2.45, 2.75) is 24.6 Å². The third-order valence-electron chi connectivity index (χ3n) is 1.72. The minimum Gasteiger partial charge on any atom is -0.394 e. The Kier molecular flexibility index (Phi) is 2.99. The zero-order valence-electron chi connectivity index (χ0n) is 6.16. The monoisotopic (exact) mass is 179 g/mol. The van der Waals surface area contributed by atoms with E-state index in [-0.39, 0.29) is 0 Å². The maximum Gasteiger partial charge on any atom is 0.184 e. The molecule has 12 heavy (non-hydrogen) atoms. The second-order valence-electron chi connectivity index (χ2n) is 2.56.